The zero-order valence-electron chi connectivity index (χ0n) is 12.2. The third-order valence-electron chi connectivity index (χ3n) is 4.37. The van der Waals surface area contributed by atoms with E-state index < -0.39 is 0 Å². The molecule has 112 valence electrons. The summed E-state index contributed by atoms with van der Waals surface area (Å²) in [7, 11) is 1.80. The van der Waals surface area contributed by atoms with Gasteiger partial charge >= 0.3 is 0 Å². The van der Waals surface area contributed by atoms with Crippen molar-refractivity contribution < 1.29 is 9.47 Å². The van der Waals surface area contributed by atoms with Crippen LogP contribution in [0.3, 0.4) is 0 Å². The second-order valence-electron chi connectivity index (χ2n) is 5.63. The molecule has 0 bridgehead atoms. The lowest BCUT2D eigenvalue weighted by Gasteiger charge is -2.33. The molecule has 2 N–H and O–H groups in total. The fourth-order valence-corrected chi connectivity index (χ4v) is 3.26. The number of morpholine rings is 1. The van der Waals surface area contributed by atoms with Gasteiger partial charge in [0.1, 0.15) is 0 Å². The highest BCUT2D eigenvalue weighted by molar-refractivity contribution is 4.87. The summed E-state index contributed by atoms with van der Waals surface area (Å²) in [4.78, 5) is 5.19. The van der Waals surface area contributed by atoms with Crippen molar-refractivity contribution in [3.8, 4) is 0 Å². The van der Waals surface area contributed by atoms with Crippen molar-refractivity contribution in [3.05, 3.63) is 0 Å². The Balaban J connectivity index is 1.80. The van der Waals surface area contributed by atoms with Crippen LogP contribution in [0.1, 0.15) is 19.3 Å². The minimum atomic E-state index is 0.541. The molecule has 2 rings (SSSR count). The normalized spacial score (nSPS) is 27.8. The molecule has 2 atom stereocenters. The zero-order valence-corrected chi connectivity index (χ0v) is 12.2. The fourth-order valence-electron chi connectivity index (χ4n) is 3.26. The number of likely N-dealkylation sites (tertiary alicyclic amines) is 1. The van der Waals surface area contributed by atoms with Crippen LogP contribution in [0.4, 0.5) is 0 Å². The van der Waals surface area contributed by atoms with Gasteiger partial charge in [-0.25, -0.2) is 0 Å². The molecular weight excluding hydrogens is 242 g/mol. The van der Waals surface area contributed by atoms with Gasteiger partial charge in [0.25, 0.3) is 0 Å². The molecule has 19 heavy (non-hydrogen) atoms. The minimum Gasteiger partial charge on any atom is -0.383 e. The van der Waals surface area contributed by atoms with Gasteiger partial charge in [0.05, 0.1) is 19.8 Å². The van der Waals surface area contributed by atoms with Gasteiger partial charge in [-0.1, -0.05) is 0 Å². The predicted molar refractivity (Wildman–Crippen MR) is 76.3 cm³/mol. The lowest BCUT2D eigenvalue weighted by atomic mass is 10.1. The van der Waals surface area contributed by atoms with E-state index in [0.29, 0.717) is 12.1 Å². The van der Waals surface area contributed by atoms with Gasteiger partial charge in [0.15, 0.2) is 0 Å². The third-order valence-corrected chi connectivity index (χ3v) is 4.37. The molecule has 5 heteroatoms. The smallest absolute Gasteiger partial charge is 0.0618 e. The molecule has 2 aliphatic rings. The van der Waals surface area contributed by atoms with E-state index in [1.54, 1.807) is 7.11 Å². The molecule has 0 aromatic carbocycles. The van der Waals surface area contributed by atoms with E-state index in [-0.39, 0.29) is 0 Å². The van der Waals surface area contributed by atoms with Gasteiger partial charge < -0.3 is 15.2 Å². The Morgan fingerprint density at radius 1 is 1.32 bits per heavy atom. The summed E-state index contributed by atoms with van der Waals surface area (Å²) >= 11 is 0. The van der Waals surface area contributed by atoms with Crippen molar-refractivity contribution in [2.75, 3.05) is 59.7 Å². The second kappa shape index (κ2) is 8.17. The number of rotatable bonds is 7. The van der Waals surface area contributed by atoms with E-state index in [9.17, 15) is 0 Å². The van der Waals surface area contributed by atoms with Crippen molar-refractivity contribution >= 4 is 0 Å². The van der Waals surface area contributed by atoms with Crippen LogP contribution < -0.4 is 5.73 Å². The first-order chi connectivity index (χ1) is 9.35. The van der Waals surface area contributed by atoms with Gasteiger partial charge in [-0.15, -0.1) is 0 Å². The van der Waals surface area contributed by atoms with Crippen molar-refractivity contribution in [2.45, 2.75) is 31.3 Å². The van der Waals surface area contributed by atoms with Gasteiger partial charge in [-0.05, 0) is 25.8 Å². The standard InChI is InChI=1S/C14H29N3O2/c1-18-12-14(3-2-5-15)17-6-4-13(11-17)16-7-9-19-10-8-16/h13-14H,2-12,15H2,1H3. The predicted octanol–water partition coefficient (Wildman–Crippen LogP) is 0.147. The first kappa shape index (κ1) is 15.2. The summed E-state index contributed by atoms with van der Waals surface area (Å²) in [5, 5.41) is 0. The molecule has 2 fully saturated rings. The molecule has 5 nitrogen and oxygen atoms in total. The van der Waals surface area contributed by atoms with E-state index in [2.05, 4.69) is 9.80 Å². The molecule has 0 saturated carbocycles. The third kappa shape index (κ3) is 4.39. The number of nitrogens with two attached hydrogens (primary N) is 1. The number of methoxy groups -OCH3 is 1. The van der Waals surface area contributed by atoms with Crippen molar-refractivity contribution in [2.24, 2.45) is 5.73 Å². The van der Waals surface area contributed by atoms with Crippen LogP contribution in [0.25, 0.3) is 0 Å². The zero-order chi connectivity index (χ0) is 13.5. The molecule has 0 spiro atoms. The van der Waals surface area contributed by atoms with Crippen LogP contribution >= 0.6 is 0 Å². The Morgan fingerprint density at radius 3 is 2.79 bits per heavy atom. The highest BCUT2D eigenvalue weighted by Crippen LogP contribution is 2.21. The molecule has 2 unspecified atom stereocenters. The average molecular weight is 271 g/mol. The number of nitrogens with zero attached hydrogens (tertiary/aromatic N) is 2. The maximum atomic E-state index is 5.63. The first-order valence-electron chi connectivity index (χ1n) is 7.60. The monoisotopic (exact) mass is 271 g/mol. The highest BCUT2D eigenvalue weighted by Gasteiger charge is 2.31. The molecule has 0 aliphatic carbocycles. The number of ether oxygens (including phenoxy) is 2. The average Bonchev–Trinajstić information content (AvgIpc) is 2.94. The summed E-state index contributed by atoms with van der Waals surface area (Å²) < 4.78 is 10.8. The Morgan fingerprint density at radius 2 is 2.11 bits per heavy atom. The van der Waals surface area contributed by atoms with Crippen molar-refractivity contribution in [1.82, 2.24) is 9.80 Å². The van der Waals surface area contributed by atoms with Crippen molar-refractivity contribution in [1.29, 1.82) is 0 Å². The van der Waals surface area contributed by atoms with E-state index in [0.717, 1.165) is 52.3 Å². The number of hydrogen-bond donors (Lipinski definition) is 1. The Hall–Kier alpha value is -0.200. The van der Waals surface area contributed by atoms with Gasteiger partial charge in [0.2, 0.25) is 0 Å². The van der Waals surface area contributed by atoms with Crippen LogP contribution in [0, 0.1) is 0 Å². The SMILES string of the molecule is COCC(CCCN)N1CCC(N2CCOCC2)C1. The van der Waals surface area contributed by atoms with E-state index >= 15 is 0 Å². The van der Waals surface area contributed by atoms with E-state index in [1.807, 2.05) is 0 Å². The van der Waals surface area contributed by atoms with Gasteiger partial charge in [-0.3, -0.25) is 9.80 Å². The molecule has 2 saturated heterocycles. The quantitative estimate of drug-likeness (QED) is 0.714. The summed E-state index contributed by atoms with van der Waals surface area (Å²) in [5.74, 6) is 0. The molecule has 0 radical (unpaired) electrons. The molecule has 0 aromatic rings. The van der Waals surface area contributed by atoms with E-state index in [4.69, 9.17) is 15.2 Å². The minimum absolute atomic E-state index is 0.541. The van der Waals surface area contributed by atoms with Crippen molar-refractivity contribution in [3.63, 3.8) is 0 Å². The van der Waals surface area contributed by atoms with Crippen LogP contribution in [0.2, 0.25) is 0 Å². The Labute approximate surface area is 117 Å². The van der Waals surface area contributed by atoms with Gasteiger partial charge in [0, 0.05) is 45.4 Å². The van der Waals surface area contributed by atoms with Gasteiger partial charge in [-0.2, -0.15) is 0 Å². The van der Waals surface area contributed by atoms with Crippen LogP contribution in [0.5, 0.6) is 0 Å². The lowest BCUT2D eigenvalue weighted by molar-refractivity contribution is 0.0159. The molecule has 2 aliphatic heterocycles. The lowest BCUT2D eigenvalue weighted by Crippen LogP contribution is -2.46. The fraction of sp³-hybridized carbons (Fsp3) is 1.00. The molecule has 0 aromatic heterocycles. The van der Waals surface area contributed by atoms with Crippen LogP contribution in [-0.4, -0.2) is 81.5 Å². The maximum absolute atomic E-state index is 5.63. The molecular formula is C14H29N3O2. The summed E-state index contributed by atoms with van der Waals surface area (Å²) in [6, 6.07) is 1.25. The summed E-state index contributed by atoms with van der Waals surface area (Å²) in [6.07, 6.45) is 3.52. The highest BCUT2D eigenvalue weighted by atomic mass is 16.5. The Kier molecular flexibility index (Phi) is 6.53. The summed E-state index contributed by atoms with van der Waals surface area (Å²) in [5.41, 5.74) is 5.63. The molecule has 2 heterocycles. The van der Waals surface area contributed by atoms with Crippen LogP contribution in [0.15, 0.2) is 0 Å². The topological polar surface area (TPSA) is 51.0 Å². The maximum Gasteiger partial charge on any atom is 0.0618 e. The van der Waals surface area contributed by atoms with Crippen LogP contribution in [-0.2, 0) is 9.47 Å². The summed E-state index contributed by atoms with van der Waals surface area (Å²) in [6.45, 7) is 7.96. The second-order valence-corrected chi connectivity index (χ2v) is 5.63. The Bertz CT molecular complexity index is 247. The first-order valence-corrected chi connectivity index (χ1v) is 7.60. The number of hydrogen-bond acceptors (Lipinski definition) is 5. The molecule has 0 amide bonds. The van der Waals surface area contributed by atoms with E-state index in [1.165, 1.54) is 19.5 Å². The largest absolute Gasteiger partial charge is 0.383 e.